The van der Waals surface area contributed by atoms with E-state index < -0.39 is 5.41 Å². The molecule has 0 bridgehead atoms. The summed E-state index contributed by atoms with van der Waals surface area (Å²) in [5.41, 5.74) is 28.4. The smallest absolute Gasteiger partial charge is 0.164 e. The number of benzene rings is 16. The van der Waals surface area contributed by atoms with Crippen LogP contribution in [0.5, 0.6) is 0 Å². The molecule has 0 amide bonds. The second-order valence-electron chi connectivity index (χ2n) is 28.8. The van der Waals surface area contributed by atoms with Gasteiger partial charge in [-0.15, -0.1) is 0 Å². The summed E-state index contributed by atoms with van der Waals surface area (Å²) in [6.45, 7) is 4.69. The van der Waals surface area contributed by atoms with Crippen LogP contribution >= 0.6 is 0 Å². The molecule has 2 aliphatic rings. The summed E-state index contributed by atoms with van der Waals surface area (Å²) in [7, 11) is 0. The molecule has 0 saturated heterocycles. The van der Waals surface area contributed by atoms with E-state index in [1.54, 1.807) is 0 Å². The maximum absolute atomic E-state index is 5.51. The average molecular weight is 1380 g/mol. The summed E-state index contributed by atoms with van der Waals surface area (Å²) in [6.07, 6.45) is 0. The zero-order valence-electron chi connectivity index (χ0n) is 59.5. The topological polar surface area (TPSA) is 77.3 Å². The highest BCUT2D eigenvalue weighted by molar-refractivity contribution is 6.00. The van der Waals surface area contributed by atoms with Crippen LogP contribution in [0.15, 0.2) is 376 Å². The third-order valence-corrected chi connectivity index (χ3v) is 22.3. The van der Waals surface area contributed by atoms with Gasteiger partial charge < -0.3 is 0 Å². The van der Waals surface area contributed by atoms with Crippen LogP contribution in [0.3, 0.4) is 0 Å². The standard InChI is InChI=1S/C102H68N6/c1-101(2)90-45-21-19-40-85(90)86-57-56-73(64-93(86)101)72-52-48-65-50-55-77(61-78(65)59-72)98-106-99(87-41-17-15-38-82(87)67-26-7-3-8-27-67)108-100(107-98)88-42-18-16-39-83(88)74-34-23-32-70(58-74)71-33-24-37-81(63-71)102(80-35-13-6-14-36-80)91-46-22-20-43-89(91)94-84(44-25-47-92(94)102)75-53-49-66-51-54-76(62-79(66)60-75)97-104-95(68-28-9-4-10-29-68)103-96(105-97)69-30-11-5-12-31-69/h3-64H,1-2H3. The molecule has 18 aromatic rings. The first kappa shape index (κ1) is 63.7. The Morgan fingerprint density at radius 2 is 0.528 bits per heavy atom. The Balaban J connectivity index is 0.683. The Labute approximate surface area is 627 Å². The molecule has 2 aliphatic carbocycles. The fourth-order valence-electron chi connectivity index (χ4n) is 17.0. The molecular formula is C102H68N6. The molecule has 506 valence electrons. The maximum atomic E-state index is 5.51. The van der Waals surface area contributed by atoms with Gasteiger partial charge in [-0.2, -0.15) is 0 Å². The van der Waals surface area contributed by atoms with E-state index in [1.165, 1.54) is 61.2 Å². The average Bonchev–Trinajstić information content (AvgIpc) is 1.53. The Hall–Kier alpha value is -13.9. The van der Waals surface area contributed by atoms with Crippen LogP contribution in [0.1, 0.15) is 47.2 Å². The number of rotatable bonds is 13. The van der Waals surface area contributed by atoms with Gasteiger partial charge in [-0.25, -0.2) is 29.9 Å². The van der Waals surface area contributed by atoms with E-state index in [0.717, 1.165) is 105 Å². The van der Waals surface area contributed by atoms with Crippen LogP contribution in [-0.4, -0.2) is 29.9 Å². The molecule has 6 nitrogen and oxygen atoms in total. The summed E-state index contributed by atoms with van der Waals surface area (Å²) in [4.78, 5) is 31.7. The monoisotopic (exact) mass is 1380 g/mol. The predicted molar refractivity (Wildman–Crippen MR) is 443 cm³/mol. The number of hydrogen-bond donors (Lipinski definition) is 0. The first-order valence-electron chi connectivity index (χ1n) is 37.0. The Bertz CT molecular complexity index is 6530. The van der Waals surface area contributed by atoms with E-state index in [2.05, 4.69) is 329 Å². The summed E-state index contributed by atoms with van der Waals surface area (Å²) >= 11 is 0. The minimum Gasteiger partial charge on any atom is -0.208 e. The quantitative estimate of drug-likeness (QED) is 0.114. The molecule has 0 saturated carbocycles. The van der Waals surface area contributed by atoms with Crippen LogP contribution in [0.25, 0.3) is 168 Å². The summed E-state index contributed by atoms with van der Waals surface area (Å²) in [5.74, 6) is 3.66. The third-order valence-electron chi connectivity index (χ3n) is 22.3. The van der Waals surface area contributed by atoms with E-state index in [4.69, 9.17) is 29.9 Å². The van der Waals surface area contributed by atoms with Crippen molar-refractivity contribution in [2.24, 2.45) is 0 Å². The Morgan fingerprint density at radius 3 is 1.15 bits per heavy atom. The molecule has 0 fully saturated rings. The molecule has 1 atom stereocenters. The fourth-order valence-corrected chi connectivity index (χ4v) is 17.0. The molecule has 0 spiro atoms. The maximum Gasteiger partial charge on any atom is 0.164 e. The minimum atomic E-state index is -0.688. The lowest BCUT2D eigenvalue weighted by Crippen LogP contribution is -2.28. The normalized spacial score (nSPS) is 13.8. The number of nitrogens with zero attached hydrogens (tertiary/aromatic N) is 6. The van der Waals surface area contributed by atoms with E-state index in [-0.39, 0.29) is 5.41 Å². The van der Waals surface area contributed by atoms with Crippen molar-refractivity contribution in [2.45, 2.75) is 24.7 Å². The minimum absolute atomic E-state index is 0.108. The number of fused-ring (bicyclic) bond motifs is 8. The van der Waals surface area contributed by atoms with E-state index in [0.29, 0.717) is 34.9 Å². The lowest BCUT2D eigenvalue weighted by atomic mass is 9.67. The molecule has 20 rings (SSSR count). The lowest BCUT2D eigenvalue weighted by molar-refractivity contribution is 0.660. The predicted octanol–water partition coefficient (Wildman–Crippen LogP) is 25.4. The molecule has 0 radical (unpaired) electrons. The number of aromatic nitrogens is 6. The van der Waals surface area contributed by atoms with Gasteiger partial charge in [0.2, 0.25) is 0 Å². The second-order valence-corrected chi connectivity index (χ2v) is 28.8. The van der Waals surface area contributed by atoms with Crippen LogP contribution in [0.4, 0.5) is 0 Å². The van der Waals surface area contributed by atoms with Crippen molar-refractivity contribution in [3.8, 4) is 146 Å². The van der Waals surface area contributed by atoms with Crippen LogP contribution in [0, 0.1) is 0 Å². The van der Waals surface area contributed by atoms with Gasteiger partial charge in [-0.1, -0.05) is 347 Å². The van der Waals surface area contributed by atoms with Crippen molar-refractivity contribution in [1.29, 1.82) is 0 Å². The second kappa shape index (κ2) is 26.0. The highest BCUT2D eigenvalue weighted by Crippen LogP contribution is 2.59. The van der Waals surface area contributed by atoms with Crippen LogP contribution in [-0.2, 0) is 10.8 Å². The Morgan fingerprint density at radius 1 is 0.176 bits per heavy atom. The number of hydrogen-bond acceptors (Lipinski definition) is 6. The first-order chi connectivity index (χ1) is 53.2. The molecular weight excluding hydrogens is 1310 g/mol. The van der Waals surface area contributed by atoms with Gasteiger partial charge >= 0.3 is 0 Å². The molecule has 6 heteroatoms. The van der Waals surface area contributed by atoms with Gasteiger partial charge in [-0.05, 0) is 175 Å². The van der Waals surface area contributed by atoms with Gasteiger partial charge in [0.15, 0.2) is 34.9 Å². The van der Waals surface area contributed by atoms with Crippen molar-refractivity contribution >= 4 is 21.5 Å². The van der Waals surface area contributed by atoms with E-state index in [1.807, 2.05) is 60.7 Å². The van der Waals surface area contributed by atoms with Gasteiger partial charge in [-0.3, -0.25) is 0 Å². The highest BCUT2D eigenvalue weighted by Gasteiger charge is 2.47. The van der Waals surface area contributed by atoms with Crippen molar-refractivity contribution in [1.82, 2.24) is 29.9 Å². The molecule has 108 heavy (non-hydrogen) atoms. The molecule has 0 aliphatic heterocycles. The highest BCUT2D eigenvalue weighted by atomic mass is 15.0. The van der Waals surface area contributed by atoms with Gasteiger partial charge in [0.1, 0.15) is 0 Å². The first-order valence-corrected chi connectivity index (χ1v) is 37.0. The molecule has 2 heterocycles. The zero-order chi connectivity index (χ0) is 71.9. The third kappa shape index (κ3) is 10.9. The molecule has 16 aromatic carbocycles. The van der Waals surface area contributed by atoms with Crippen molar-refractivity contribution in [3.63, 3.8) is 0 Å². The fraction of sp³-hybridized carbons (Fsp3) is 0.0392. The van der Waals surface area contributed by atoms with Crippen molar-refractivity contribution in [2.75, 3.05) is 0 Å². The summed E-state index contributed by atoms with van der Waals surface area (Å²) in [5, 5.41) is 4.46. The summed E-state index contributed by atoms with van der Waals surface area (Å²) < 4.78 is 0. The van der Waals surface area contributed by atoms with Gasteiger partial charge in [0.05, 0.1) is 5.41 Å². The largest absolute Gasteiger partial charge is 0.208 e. The molecule has 0 N–H and O–H groups in total. The lowest BCUT2D eigenvalue weighted by Gasteiger charge is -2.34. The van der Waals surface area contributed by atoms with Crippen LogP contribution in [0.2, 0.25) is 0 Å². The van der Waals surface area contributed by atoms with Crippen molar-refractivity contribution in [3.05, 3.63) is 409 Å². The van der Waals surface area contributed by atoms with Crippen LogP contribution < -0.4 is 0 Å². The SMILES string of the molecule is CC1(C)c2ccccc2-c2ccc(-c3ccc4ccc(-c5nc(-c6ccccc6-c6ccccc6)nc(-c6ccccc6-c6cccc(-c7cccc(C8(c9ccccc9)c9ccccc9-c9c(-c%10ccc%11ccc(-c%12nc(-c%13ccccc%13)nc(-c%13ccccc%13)n%12)cc%11c%10)cccc98)c7)c6)n5)cc4c3)cc21. The Kier molecular flexibility index (Phi) is 15.4. The molecule has 1 unspecified atom stereocenters. The van der Waals surface area contributed by atoms with Gasteiger partial charge in [0, 0.05) is 38.8 Å². The van der Waals surface area contributed by atoms with Gasteiger partial charge in [0.25, 0.3) is 0 Å². The van der Waals surface area contributed by atoms with Crippen molar-refractivity contribution < 1.29 is 0 Å². The van der Waals surface area contributed by atoms with E-state index >= 15 is 0 Å². The summed E-state index contributed by atoms with van der Waals surface area (Å²) in [6, 6.07) is 136. The molecule has 2 aromatic heterocycles. The van der Waals surface area contributed by atoms with E-state index in [9.17, 15) is 0 Å². The zero-order valence-corrected chi connectivity index (χ0v) is 59.5.